The molecule has 0 N–H and O–H groups in total. The molecule has 2 aromatic heterocycles. The number of aryl methyl sites for hydroxylation is 1. The summed E-state index contributed by atoms with van der Waals surface area (Å²) in [5.74, 6) is 0. The van der Waals surface area contributed by atoms with Crippen LogP contribution in [-0.4, -0.2) is 43.7 Å². The fourth-order valence-corrected chi connectivity index (χ4v) is 4.31. The molecule has 3 heterocycles. The van der Waals surface area contributed by atoms with Crippen LogP contribution in [0.4, 0.5) is 5.69 Å². The van der Waals surface area contributed by atoms with E-state index in [2.05, 4.69) is 9.88 Å². The fourth-order valence-electron chi connectivity index (χ4n) is 3.00. The van der Waals surface area contributed by atoms with Gasteiger partial charge in [-0.25, -0.2) is 17.4 Å². The van der Waals surface area contributed by atoms with Crippen molar-refractivity contribution in [1.82, 2.24) is 8.96 Å². The van der Waals surface area contributed by atoms with Gasteiger partial charge in [-0.15, -0.1) is 0 Å². The lowest BCUT2D eigenvalue weighted by atomic mass is 10.2. The average molecular weight is 357 g/mol. The van der Waals surface area contributed by atoms with Crippen molar-refractivity contribution in [2.45, 2.75) is 11.8 Å². The molecule has 0 bridgehead atoms. The Morgan fingerprint density at radius 3 is 2.52 bits per heavy atom. The van der Waals surface area contributed by atoms with Crippen LogP contribution in [-0.2, 0) is 14.8 Å². The van der Waals surface area contributed by atoms with E-state index in [-0.39, 0.29) is 4.90 Å². The van der Waals surface area contributed by atoms with E-state index >= 15 is 0 Å². The first-order valence-electron chi connectivity index (χ1n) is 8.18. The SMILES string of the molecule is Cc1ccc(S(=O)(=O)n2ccc3cc(N4CCOCC4)cnc32)cc1. The van der Waals surface area contributed by atoms with Gasteiger partial charge in [-0.2, -0.15) is 0 Å². The molecular formula is C18H19N3O3S. The van der Waals surface area contributed by atoms with Gasteiger partial charge >= 0.3 is 0 Å². The first-order valence-corrected chi connectivity index (χ1v) is 9.62. The van der Waals surface area contributed by atoms with E-state index in [0.29, 0.717) is 18.9 Å². The number of nitrogens with zero attached hydrogens (tertiary/aromatic N) is 3. The number of hydrogen-bond acceptors (Lipinski definition) is 5. The summed E-state index contributed by atoms with van der Waals surface area (Å²) in [7, 11) is -3.66. The zero-order valence-corrected chi connectivity index (χ0v) is 14.7. The van der Waals surface area contributed by atoms with E-state index in [1.807, 2.05) is 13.0 Å². The van der Waals surface area contributed by atoms with Gasteiger partial charge in [0.25, 0.3) is 10.0 Å². The van der Waals surface area contributed by atoms with Crippen LogP contribution >= 0.6 is 0 Å². The smallest absolute Gasteiger partial charge is 0.269 e. The highest BCUT2D eigenvalue weighted by Gasteiger charge is 2.20. The molecule has 1 aromatic carbocycles. The van der Waals surface area contributed by atoms with Gasteiger partial charge in [0, 0.05) is 24.7 Å². The van der Waals surface area contributed by atoms with Gasteiger partial charge in [0.05, 0.1) is 30.0 Å². The number of ether oxygens (including phenoxy) is 1. The van der Waals surface area contributed by atoms with Crippen LogP contribution < -0.4 is 4.90 Å². The summed E-state index contributed by atoms with van der Waals surface area (Å²) in [4.78, 5) is 6.88. The maximum absolute atomic E-state index is 12.9. The number of hydrogen-bond donors (Lipinski definition) is 0. The maximum Gasteiger partial charge on any atom is 0.269 e. The van der Waals surface area contributed by atoms with Crippen LogP contribution in [0, 0.1) is 6.92 Å². The fraction of sp³-hybridized carbons (Fsp3) is 0.278. The highest BCUT2D eigenvalue weighted by atomic mass is 32.2. The molecule has 130 valence electrons. The van der Waals surface area contributed by atoms with Crippen molar-refractivity contribution in [2.75, 3.05) is 31.2 Å². The van der Waals surface area contributed by atoms with Crippen LogP contribution in [0.5, 0.6) is 0 Å². The second-order valence-corrected chi connectivity index (χ2v) is 7.95. The van der Waals surface area contributed by atoms with Crippen LogP contribution in [0.1, 0.15) is 5.56 Å². The topological polar surface area (TPSA) is 64.4 Å². The van der Waals surface area contributed by atoms with Crippen molar-refractivity contribution >= 4 is 26.7 Å². The van der Waals surface area contributed by atoms with E-state index in [9.17, 15) is 8.42 Å². The molecular weight excluding hydrogens is 338 g/mol. The molecule has 0 amide bonds. The monoisotopic (exact) mass is 357 g/mol. The normalized spacial score (nSPS) is 15.6. The standard InChI is InChI=1S/C18H19N3O3S/c1-14-2-4-17(5-3-14)25(22,23)21-7-6-15-12-16(13-19-18(15)21)20-8-10-24-11-9-20/h2-7,12-13H,8-11H2,1H3. The molecule has 3 aromatic rings. The quantitative estimate of drug-likeness (QED) is 0.720. The molecule has 0 spiro atoms. The number of pyridine rings is 1. The van der Waals surface area contributed by atoms with Crippen molar-refractivity contribution in [2.24, 2.45) is 0 Å². The summed E-state index contributed by atoms with van der Waals surface area (Å²) in [6.45, 7) is 4.95. The van der Waals surface area contributed by atoms with Gasteiger partial charge in [-0.3, -0.25) is 0 Å². The summed E-state index contributed by atoms with van der Waals surface area (Å²) in [6, 6.07) is 10.6. The Morgan fingerprint density at radius 1 is 1.08 bits per heavy atom. The van der Waals surface area contributed by atoms with E-state index in [1.165, 1.54) is 3.97 Å². The second kappa shape index (κ2) is 6.16. The number of fused-ring (bicyclic) bond motifs is 1. The summed E-state index contributed by atoms with van der Waals surface area (Å²) in [5.41, 5.74) is 2.45. The maximum atomic E-state index is 12.9. The predicted molar refractivity (Wildman–Crippen MR) is 96.5 cm³/mol. The molecule has 1 fully saturated rings. The number of rotatable bonds is 3. The zero-order chi connectivity index (χ0) is 17.4. The van der Waals surface area contributed by atoms with Gasteiger partial charge in [-0.05, 0) is 31.2 Å². The number of anilines is 1. The van der Waals surface area contributed by atoms with Crippen molar-refractivity contribution in [3.63, 3.8) is 0 Å². The van der Waals surface area contributed by atoms with Crippen molar-refractivity contribution < 1.29 is 13.2 Å². The third kappa shape index (κ3) is 2.89. The summed E-state index contributed by atoms with van der Waals surface area (Å²) < 4.78 is 32.4. The Kier molecular flexibility index (Phi) is 3.97. The molecule has 0 unspecified atom stereocenters. The first-order chi connectivity index (χ1) is 12.1. The molecule has 1 aliphatic rings. The average Bonchev–Trinajstić information content (AvgIpc) is 3.07. The van der Waals surface area contributed by atoms with Crippen LogP contribution in [0.2, 0.25) is 0 Å². The third-order valence-electron chi connectivity index (χ3n) is 4.43. The van der Waals surface area contributed by atoms with Gasteiger partial charge < -0.3 is 9.64 Å². The highest BCUT2D eigenvalue weighted by molar-refractivity contribution is 7.90. The molecule has 25 heavy (non-hydrogen) atoms. The molecule has 0 atom stereocenters. The number of aromatic nitrogens is 2. The van der Waals surface area contributed by atoms with Crippen molar-refractivity contribution in [3.8, 4) is 0 Å². The highest BCUT2D eigenvalue weighted by Crippen LogP contribution is 2.25. The lowest BCUT2D eigenvalue weighted by Crippen LogP contribution is -2.36. The predicted octanol–water partition coefficient (Wildman–Crippen LogP) is 2.42. The molecule has 1 saturated heterocycles. The molecule has 0 radical (unpaired) electrons. The lowest BCUT2D eigenvalue weighted by Gasteiger charge is -2.28. The van der Waals surface area contributed by atoms with E-state index in [0.717, 1.165) is 29.7 Å². The largest absolute Gasteiger partial charge is 0.378 e. The molecule has 7 heteroatoms. The Labute approximate surface area is 146 Å². The minimum Gasteiger partial charge on any atom is -0.378 e. The summed E-state index contributed by atoms with van der Waals surface area (Å²) in [5, 5.41) is 0.805. The van der Waals surface area contributed by atoms with Gasteiger partial charge in [0.1, 0.15) is 0 Å². The zero-order valence-electron chi connectivity index (χ0n) is 13.9. The van der Waals surface area contributed by atoms with Gasteiger partial charge in [-0.1, -0.05) is 17.7 Å². The van der Waals surface area contributed by atoms with Crippen molar-refractivity contribution in [3.05, 3.63) is 54.4 Å². The van der Waals surface area contributed by atoms with E-state index in [1.54, 1.807) is 42.7 Å². The van der Waals surface area contributed by atoms with E-state index in [4.69, 9.17) is 4.74 Å². The Bertz CT molecular complexity index is 1000. The third-order valence-corrected chi connectivity index (χ3v) is 6.11. The molecule has 6 nitrogen and oxygen atoms in total. The summed E-state index contributed by atoms with van der Waals surface area (Å²) in [6.07, 6.45) is 3.30. The van der Waals surface area contributed by atoms with Crippen molar-refractivity contribution in [1.29, 1.82) is 0 Å². The van der Waals surface area contributed by atoms with Crippen LogP contribution in [0.3, 0.4) is 0 Å². The second-order valence-electron chi connectivity index (χ2n) is 6.14. The lowest BCUT2D eigenvalue weighted by molar-refractivity contribution is 0.122. The Balaban J connectivity index is 1.74. The number of benzene rings is 1. The minimum absolute atomic E-state index is 0.259. The molecule has 0 aliphatic carbocycles. The van der Waals surface area contributed by atoms with Crippen LogP contribution in [0.15, 0.2) is 53.7 Å². The number of morpholine rings is 1. The van der Waals surface area contributed by atoms with Gasteiger partial charge in [0.15, 0.2) is 5.65 Å². The van der Waals surface area contributed by atoms with Crippen LogP contribution in [0.25, 0.3) is 11.0 Å². The summed E-state index contributed by atoms with van der Waals surface area (Å²) >= 11 is 0. The van der Waals surface area contributed by atoms with E-state index < -0.39 is 10.0 Å². The molecule has 0 saturated carbocycles. The molecule has 4 rings (SSSR count). The first kappa shape index (κ1) is 16.1. The van der Waals surface area contributed by atoms with Gasteiger partial charge in [0.2, 0.25) is 0 Å². The molecule has 1 aliphatic heterocycles. The Morgan fingerprint density at radius 2 is 1.80 bits per heavy atom. The Hall–Kier alpha value is -2.38. The minimum atomic E-state index is -3.66.